The molecule has 1 rings (SSSR count). The van der Waals surface area contributed by atoms with Gasteiger partial charge in [0.2, 0.25) is 0 Å². The summed E-state index contributed by atoms with van der Waals surface area (Å²) in [6, 6.07) is 0. The molecule has 0 nitrogen and oxygen atoms in total. The van der Waals surface area contributed by atoms with Gasteiger partial charge >= 0.3 is 0 Å². The van der Waals surface area contributed by atoms with Crippen molar-refractivity contribution in [2.75, 3.05) is 10.7 Å². The van der Waals surface area contributed by atoms with Crippen LogP contribution in [0.2, 0.25) is 0 Å². The molecule has 2 heteroatoms. The van der Waals surface area contributed by atoms with Gasteiger partial charge in [-0.25, -0.2) is 0 Å². The van der Waals surface area contributed by atoms with E-state index in [0.717, 1.165) is 16.6 Å². The Kier molecular flexibility index (Phi) is 3.90. The summed E-state index contributed by atoms with van der Waals surface area (Å²) < 4.78 is 0. The third-order valence-corrected chi connectivity index (χ3v) is 5.51. The second-order valence-electron chi connectivity index (χ2n) is 3.90. The fourth-order valence-electron chi connectivity index (χ4n) is 1.88. The lowest BCUT2D eigenvalue weighted by molar-refractivity contribution is 0.264. The Morgan fingerprint density at radius 2 is 1.64 bits per heavy atom. The zero-order chi connectivity index (χ0) is 8.32. The van der Waals surface area contributed by atoms with Crippen LogP contribution in [0.1, 0.15) is 32.6 Å². The van der Waals surface area contributed by atoms with Gasteiger partial charge in [0.15, 0.2) is 0 Å². The summed E-state index contributed by atoms with van der Waals surface area (Å²) in [5.74, 6) is 0.946. The maximum absolute atomic E-state index is 3.61. The Labute approximate surface area is 86.4 Å². The summed E-state index contributed by atoms with van der Waals surface area (Å²) >= 11 is 7.22. The number of halogens is 2. The summed E-state index contributed by atoms with van der Waals surface area (Å²) in [6.07, 6.45) is 5.77. The van der Waals surface area contributed by atoms with E-state index in [1.807, 2.05) is 0 Å². The van der Waals surface area contributed by atoms with Gasteiger partial charge in [0.05, 0.1) is 0 Å². The molecule has 0 aromatic heterocycles. The van der Waals surface area contributed by atoms with E-state index in [0.29, 0.717) is 5.41 Å². The fraction of sp³-hybridized carbons (Fsp3) is 1.00. The van der Waals surface area contributed by atoms with Crippen LogP contribution in [0.5, 0.6) is 0 Å². The number of hydrogen-bond acceptors (Lipinski definition) is 0. The van der Waals surface area contributed by atoms with E-state index in [9.17, 15) is 0 Å². The van der Waals surface area contributed by atoms with Gasteiger partial charge < -0.3 is 0 Å². The first-order valence-corrected chi connectivity index (χ1v) is 6.59. The number of hydrogen-bond donors (Lipinski definition) is 0. The highest BCUT2D eigenvalue weighted by molar-refractivity contribution is 9.09. The van der Waals surface area contributed by atoms with Crippen molar-refractivity contribution in [3.8, 4) is 0 Å². The van der Waals surface area contributed by atoms with Crippen molar-refractivity contribution >= 4 is 31.9 Å². The highest BCUT2D eigenvalue weighted by Gasteiger charge is 2.33. The Morgan fingerprint density at radius 3 is 2.00 bits per heavy atom. The Balaban J connectivity index is 2.52. The van der Waals surface area contributed by atoms with Crippen LogP contribution < -0.4 is 0 Å². The largest absolute Gasteiger partial charge is 0.0922 e. The minimum absolute atomic E-state index is 0.497. The van der Waals surface area contributed by atoms with E-state index in [2.05, 4.69) is 38.8 Å². The highest BCUT2D eigenvalue weighted by atomic mass is 79.9. The summed E-state index contributed by atoms with van der Waals surface area (Å²) in [4.78, 5) is 0. The third kappa shape index (κ3) is 2.21. The lowest BCUT2D eigenvalue weighted by Gasteiger charge is -2.31. The minimum Gasteiger partial charge on any atom is -0.0922 e. The lowest BCUT2D eigenvalue weighted by Crippen LogP contribution is -2.28. The Morgan fingerprint density at radius 1 is 1.18 bits per heavy atom. The van der Waals surface area contributed by atoms with Crippen LogP contribution in [0.25, 0.3) is 0 Å². The quantitative estimate of drug-likeness (QED) is 0.688. The molecular weight excluding hydrogens is 268 g/mol. The standard InChI is InChI=1S/C9H16Br2/c1-9(6-10,7-11)8-4-2-3-5-8/h8H,2-7H2,1H3. The zero-order valence-corrected chi connectivity index (χ0v) is 10.2. The molecule has 0 amide bonds. The molecule has 0 bridgehead atoms. The maximum atomic E-state index is 3.61. The molecule has 0 saturated heterocycles. The minimum atomic E-state index is 0.497. The SMILES string of the molecule is CC(CBr)(CBr)C1CCCC1. The molecule has 0 aromatic carbocycles. The highest BCUT2D eigenvalue weighted by Crippen LogP contribution is 2.41. The van der Waals surface area contributed by atoms with Gasteiger partial charge in [-0.2, -0.15) is 0 Å². The summed E-state index contributed by atoms with van der Waals surface area (Å²) in [6.45, 7) is 2.38. The van der Waals surface area contributed by atoms with Crippen molar-refractivity contribution < 1.29 is 0 Å². The molecular formula is C9H16Br2. The van der Waals surface area contributed by atoms with E-state index in [-0.39, 0.29) is 0 Å². The first-order valence-electron chi connectivity index (χ1n) is 4.35. The molecule has 0 spiro atoms. The molecule has 11 heavy (non-hydrogen) atoms. The topological polar surface area (TPSA) is 0 Å². The fourth-order valence-corrected chi connectivity index (χ4v) is 3.72. The van der Waals surface area contributed by atoms with Crippen molar-refractivity contribution in [3.63, 3.8) is 0 Å². The predicted molar refractivity (Wildman–Crippen MR) is 57.7 cm³/mol. The smallest absolute Gasteiger partial charge is 0.00959 e. The molecule has 0 heterocycles. The number of rotatable bonds is 3. The molecule has 0 atom stereocenters. The third-order valence-electron chi connectivity index (χ3n) is 2.95. The van der Waals surface area contributed by atoms with Gasteiger partial charge in [-0.05, 0) is 24.2 Å². The van der Waals surface area contributed by atoms with Gasteiger partial charge in [0.25, 0.3) is 0 Å². The van der Waals surface area contributed by atoms with Gasteiger partial charge in [-0.3, -0.25) is 0 Å². The van der Waals surface area contributed by atoms with Crippen molar-refractivity contribution in [1.29, 1.82) is 0 Å². The van der Waals surface area contributed by atoms with Crippen LogP contribution in [0.4, 0.5) is 0 Å². The van der Waals surface area contributed by atoms with Crippen molar-refractivity contribution in [2.45, 2.75) is 32.6 Å². The molecule has 0 unspecified atom stereocenters. The van der Waals surface area contributed by atoms with Crippen LogP contribution in [-0.4, -0.2) is 10.7 Å². The van der Waals surface area contributed by atoms with E-state index in [1.54, 1.807) is 0 Å². The molecule has 1 fully saturated rings. The summed E-state index contributed by atoms with van der Waals surface area (Å²) in [5.41, 5.74) is 0.497. The zero-order valence-electron chi connectivity index (χ0n) is 7.08. The molecule has 0 aliphatic heterocycles. The molecule has 1 aliphatic carbocycles. The van der Waals surface area contributed by atoms with E-state index < -0.39 is 0 Å². The Bertz CT molecular complexity index is 113. The van der Waals surface area contributed by atoms with Crippen LogP contribution in [-0.2, 0) is 0 Å². The van der Waals surface area contributed by atoms with E-state index in [1.165, 1.54) is 25.7 Å². The summed E-state index contributed by atoms with van der Waals surface area (Å²) in [7, 11) is 0. The molecule has 0 N–H and O–H groups in total. The second-order valence-corrected chi connectivity index (χ2v) is 5.02. The molecule has 1 aliphatic rings. The Hall–Kier alpha value is 0.960. The molecule has 0 aromatic rings. The average molecular weight is 284 g/mol. The molecule has 66 valence electrons. The molecule has 0 radical (unpaired) electrons. The van der Waals surface area contributed by atoms with Crippen LogP contribution >= 0.6 is 31.9 Å². The van der Waals surface area contributed by atoms with Crippen LogP contribution in [0, 0.1) is 11.3 Å². The van der Waals surface area contributed by atoms with Crippen LogP contribution in [0.15, 0.2) is 0 Å². The lowest BCUT2D eigenvalue weighted by atomic mass is 9.80. The maximum Gasteiger partial charge on any atom is 0.00959 e. The predicted octanol–water partition coefficient (Wildman–Crippen LogP) is 3.97. The van der Waals surface area contributed by atoms with Crippen molar-refractivity contribution in [1.82, 2.24) is 0 Å². The molecule has 1 saturated carbocycles. The van der Waals surface area contributed by atoms with Gasteiger partial charge in [0, 0.05) is 10.7 Å². The normalized spacial score (nSPS) is 21.0. The first kappa shape index (κ1) is 10.0. The van der Waals surface area contributed by atoms with Crippen LogP contribution in [0.3, 0.4) is 0 Å². The first-order chi connectivity index (χ1) is 5.23. The summed E-state index contributed by atoms with van der Waals surface area (Å²) in [5, 5.41) is 2.27. The van der Waals surface area contributed by atoms with E-state index >= 15 is 0 Å². The number of alkyl halides is 2. The van der Waals surface area contributed by atoms with Gasteiger partial charge in [-0.15, -0.1) is 0 Å². The van der Waals surface area contributed by atoms with Gasteiger partial charge in [-0.1, -0.05) is 51.6 Å². The van der Waals surface area contributed by atoms with Gasteiger partial charge in [0.1, 0.15) is 0 Å². The second kappa shape index (κ2) is 4.27. The van der Waals surface area contributed by atoms with Crippen molar-refractivity contribution in [2.24, 2.45) is 11.3 Å². The monoisotopic (exact) mass is 282 g/mol. The average Bonchev–Trinajstić information content (AvgIpc) is 2.55. The van der Waals surface area contributed by atoms with Crippen molar-refractivity contribution in [3.05, 3.63) is 0 Å². The van der Waals surface area contributed by atoms with E-state index in [4.69, 9.17) is 0 Å².